The monoisotopic (exact) mass is 368 g/mol. The van der Waals surface area contributed by atoms with Gasteiger partial charge in [-0.3, -0.25) is 9.48 Å². The zero-order chi connectivity index (χ0) is 18.0. The first-order chi connectivity index (χ1) is 11.9. The van der Waals surface area contributed by atoms with Crippen molar-refractivity contribution in [3.63, 3.8) is 0 Å². The number of amides is 1. The number of nitrogens with one attached hydrogen (secondary N) is 1. The molecule has 0 fully saturated rings. The van der Waals surface area contributed by atoms with E-state index in [0.717, 1.165) is 5.69 Å². The van der Waals surface area contributed by atoms with Gasteiger partial charge in [-0.05, 0) is 18.6 Å². The second-order valence-corrected chi connectivity index (χ2v) is 7.79. The molecule has 0 unspecified atom stereocenters. The molecule has 0 aromatic carbocycles. The molecule has 0 saturated carbocycles. The Bertz CT molecular complexity index is 870. The van der Waals surface area contributed by atoms with E-state index in [1.165, 1.54) is 23.7 Å². The van der Waals surface area contributed by atoms with Crippen LogP contribution in [-0.4, -0.2) is 48.3 Å². The quantitative estimate of drug-likeness (QED) is 0.827. The summed E-state index contributed by atoms with van der Waals surface area (Å²) < 4.78 is 36.9. The van der Waals surface area contributed by atoms with E-state index >= 15 is 0 Å². The minimum absolute atomic E-state index is 0.154. The second kappa shape index (κ2) is 6.89. The molecule has 3 rings (SSSR count). The Balaban J connectivity index is 1.66. The Kier molecular flexibility index (Phi) is 4.82. The van der Waals surface area contributed by atoms with Gasteiger partial charge in [-0.1, -0.05) is 0 Å². The van der Waals surface area contributed by atoms with Crippen molar-refractivity contribution >= 4 is 15.9 Å². The van der Waals surface area contributed by atoms with E-state index in [1.807, 2.05) is 6.07 Å². The van der Waals surface area contributed by atoms with E-state index in [4.69, 9.17) is 9.15 Å². The normalized spacial score (nSPS) is 15.4. The van der Waals surface area contributed by atoms with E-state index in [9.17, 15) is 13.2 Å². The lowest BCUT2D eigenvalue weighted by Crippen LogP contribution is -2.29. The number of fused-ring (bicyclic) bond motifs is 1. The van der Waals surface area contributed by atoms with Gasteiger partial charge >= 0.3 is 0 Å². The minimum atomic E-state index is -3.25. The number of aryl methyl sites for hydroxylation is 1. The largest absolute Gasteiger partial charge is 0.468 e. The van der Waals surface area contributed by atoms with Crippen molar-refractivity contribution in [3.8, 4) is 5.95 Å². The average Bonchev–Trinajstić information content (AvgIpc) is 3.13. The Morgan fingerprint density at radius 3 is 2.88 bits per heavy atom. The van der Waals surface area contributed by atoms with Crippen LogP contribution >= 0.6 is 0 Å². The van der Waals surface area contributed by atoms with Crippen molar-refractivity contribution in [2.75, 3.05) is 19.9 Å². The van der Waals surface area contributed by atoms with E-state index in [0.29, 0.717) is 25.2 Å². The number of ether oxygens (including phenoxy) is 1. The van der Waals surface area contributed by atoms with Gasteiger partial charge in [0.15, 0.2) is 5.76 Å². The second-order valence-electron chi connectivity index (χ2n) is 5.81. The van der Waals surface area contributed by atoms with Crippen molar-refractivity contribution in [2.24, 2.45) is 0 Å². The number of hydrogen-bond acceptors (Lipinski definition) is 6. The number of sulfonamides is 1. The fourth-order valence-corrected chi connectivity index (χ4v) is 3.50. The molecule has 0 spiro atoms. The van der Waals surface area contributed by atoms with E-state index in [-0.39, 0.29) is 30.7 Å². The molecule has 2 aromatic heterocycles. The number of furan rings is 1. The molecule has 9 nitrogen and oxygen atoms in total. The zero-order valence-corrected chi connectivity index (χ0v) is 14.9. The summed E-state index contributed by atoms with van der Waals surface area (Å²) in [5.74, 6) is 0.0462. The Hall–Kier alpha value is -2.33. The number of carbonyl (C=O) groups excluding carboxylic acids is 1. The highest BCUT2D eigenvalue weighted by atomic mass is 32.2. The molecule has 0 saturated heterocycles. The lowest BCUT2D eigenvalue weighted by Gasteiger charge is -2.16. The Morgan fingerprint density at radius 2 is 2.20 bits per heavy atom. The summed E-state index contributed by atoms with van der Waals surface area (Å²) in [7, 11) is -1.79. The molecule has 0 aliphatic carbocycles. The van der Waals surface area contributed by atoms with Crippen LogP contribution in [0.4, 0.5) is 0 Å². The number of aromatic nitrogens is 2. The third-order valence-electron chi connectivity index (χ3n) is 3.94. The van der Waals surface area contributed by atoms with Crippen LogP contribution in [-0.2, 0) is 29.7 Å². The van der Waals surface area contributed by atoms with Gasteiger partial charge < -0.3 is 14.5 Å². The maximum atomic E-state index is 12.0. The van der Waals surface area contributed by atoms with Crippen LogP contribution < -0.4 is 10.1 Å². The molecule has 3 heterocycles. The smallest absolute Gasteiger partial charge is 0.287 e. The number of hydrogen-bond donors (Lipinski definition) is 1. The van der Waals surface area contributed by atoms with Crippen molar-refractivity contribution in [1.29, 1.82) is 0 Å². The highest BCUT2D eigenvalue weighted by Crippen LogP contribution is 2.17. The van der Waals surface area contributed by atoms with Gasteiger partial charge in [0, 0.05) is 19.2 Å². The fraction of sp³-hybridized carbons (Fsp3) is 0.467. The van der Waals surface area contributed by atoms with Gasteiger partial charge in [-0.15, -0.1) is 0 Å². The van der Waals surface area contributed by atoms with Gasteiger partial charge in [0.05, 0.1) is 37.8 Å². The molecule has 0 bridgehead atoms. The van der Waals surface area contributed by atoms with E-state index in [2.05, 4.69) is 10.4 Å². The first kappa shape index (κ1) is 17.5. The van der Waals surface area contributed by atoms with Crippen molar-refractivity contribution in [1.82, 2.24) is 19.4 Å². The summed E-state index contributed by atoms with van der Waals surface area (Å²) >= 11 is 0. The highest BCUT2D eigenvalue weighted by molar-refractivity contribution is 7.88. The number of nitrogens with zero attached hydrogens (tertiary/aromatic N) is 3. The van der Waals surface area contributed by atoms with Crippen molar-refractivity contribution in [3.05, 3.63) is 35.3 Å². The summed E-state index contributed by atoms with van der Waals surface area (Å²) in [6, 6.07) is 4.90. The fourth-order valence-electron chi connectivity index (χ4n) is 2.67. The zero-order valence-electron chi connectivity index (χ0n) is 14.1. The predicted octanol–water partition coefficient (Wildman–Crippen LogP) is 0.580. The molecular weight excluding hydrogens is 348 g/mol. The van der Waals surface area contributed by atoms with Gasteiger partial charge in [0.25, 0.3) is 11.9 Å². The third-order valence-corrected chi connectivity index (χ3v) is 5.18. The van der Waals surface area contributed by atoms with Crippen molar-refractivity contribution < 1.29 is 22.4 Å². The van der Waals surface area contributed by atoms with Gasteiger partial charge in [-0.2, -0.15) is 9.40 Å². The predicted molar refractivity (Wildman–Crippen MR) is 88.5 cm³/mol. The molecule has 1 aliphatic heterocycles. The molecule has 2 aromatic rings. The summed E-state index contributed by atoms with van der Waals surface area (Å²) in [5.41, 5.74) is 1.48. The molecule has 25 heavy (non-hydrogen) atoms. The van der Waals surface area contributed by atoms with Gasteiger partial charge in [0.2, 0.25) is 10.0 Å². The van der Waals surface area contributed by atoms with E-state index < -0.39 is 10.0 Å². The van der Waals surface area contributed by atoms with Crippen LogP contribution in [0.3, 0.4) is 0 Å². The summed E-state index contributed by atoms with van der Waals surface area (Å²) in [6.45, 7) is 1.63. The lowest BCUT2D eigenvalue weighted by atomic mass is 10.3. The third kappa shape index (κ3) is 4.02. The molecule has 10 heteroatoms. The van der Waals surface area contributed by atoms with Crippen molar-refractivity contribution in [2.45, 2.75) is 26.1 Å². The molecule has 136 valence electrons. The number of rotatable bonds is 5. The van der Waals surface area contributed by atoms with Gasteiger partial charge in [0.1, 0.15) is 0 Å². The maximum absolute atomic E-state index is 12.0. The summed E-state index contributed by atoms with van der Waals surface area (Å²) in [5, 5.41) is 7.16. The first-order valence-electron chi connectivity index (χ1n) is 7.79. The summed E-state index contributed by atoms with van der Waals surface area (Å²) in [4.78, 5) is 12.0. The molecule has 1 amide bonds. The first-order valence-corrected chi connectivity index (χ1v) is 9.64. The van der Waals surface area contributed by atoms with Crippen LogP contribution in [0.25, 0.3) is 0 Å². The molecular formula is C15H20N4O5S. The van der Waals surface area contributed by atoms with Crippen LogP contribution in [0, 0.1) is 0 Å². The topological polar surface area (TPSA) is 107 Å². The Labute approximate surface area is 145 Å². The van der Waals surface area contributed by atoms with Crippen LogP contribution in [0.2, 0.25) is 0 Å². The minimum Gasteiger partial charge on any atom is -0.468 e. The van der Waals surface area contributed by atoms with Crippen LogP contribution in [0.15, 0.2) is 22.6 Å². The number of carbonyl (C=O) groups is 1. The summed E-state index contributed by atoms with van der Waals surface area (Å²) in [6.07, 6.45) is 1.90. The van der Waals surface area contributed by atoms with E-state index in [1.54, 1.807) is 10.7 Å². The maximum Gasteiger partial charge on any atom is 0.287 e. The van der Waals surface area contributed by atoms with Gasteiger partial charge in [-0.25, -0.2) is 8.42 Å². The SMILES string of the molecule is COc1ccc(C(=O)NCc2cc3n(n2)CCCN(S(C)(=O)=O)C3)o1. The average molecular weight is 368 g/mol. The van der Waals surface area contributed by atoms with Crippen LogP contribution in [0.5, 0.6) is 5.95 Å². The molecule has 0 radical (unpaired) electrons. The highest BCUT2D eigenvalue weighted by Gasteiger charge is 2.23. The van der Waals surface area contributed by atoms with Crippen LogP contribution in [0.1, 0.15) is 28.4 Å². The number of methoxy groups -OCH3 is 1. The Morgan fingerprint density at radius 1 is 1.40 bits per heavy atom. The molecule has 1 aliphatic rings. The lowest BCUT2D eigenvalue weighted by molar-refractivity contribution is 0.0916. The molecule has 0 atom stereocenters. The molecule has 1 N–H and O–H groups in total. The standard InChI is InChI=1S/C15H20N4O5S/c1-23-14-5-4-13(24-14)15(20)16-9-11-8-12-10-18(25(2,21)22)6-3-7-19(12)17-11/h4-5,8H,3,6-7,9-10H2,1-2H3,(H,16,20).